The number of aryl methyl sites for hydroxylation is 1. The summed E-state index contributed by atoms with van der Waals surface area (Å²) in [6, 6.07) is 9.47. The molecule has 84 valence electrons. The molecule has 1 heterocycles. The molecule has 0 amide bonds. The summed E-state index contributed by atoms with van der Waals surface area (Å²) >= 11 is 0. The minimum Gasteiger partial charge on any atom is -0.480 e. The number of benzene rings is 1. The van der Waals surface area contributed by atoms with Crippen LogP contribution in [0.5, 0.6) is 5.88 Å². The van der Waals surface area contributed by atoms with Crippen LogP contribution in [0, 0.1) is 6.92 Å². The van der Waals surface area contributed by atoms with Gasteiger partial charge >= 0.3 is 0 Å². The zero-order valence-corrected chi connectivity index (χ0v) is 9.34. The average Bonchev–Trinajstić information content (AvgIpc) is 2.71. The molecule has 4 nitrogen and oxygen atoms in total. The van der Waals surface area contributed by atoms with Gasteiger partial charge in [-0.15, -0.1) is 5.10 Å². The first kappa shape index (κ1) is 10.7. The SMILES string of the molecule is COc1cc(C)n(-c2ccc(CO)cc2)n1. The average molecular weight is 218 g/mol. The summed E-state index contributed by atoms with van der Waals surface area (Å²) in [4.78, 5) is 0. The summed E-state index contributed by atoms with van der Waals surface area (Å²) in [5, 5.41) is 13.2. The molecule has 1 N–H and O–H groups in total. The molecule has 0 aliphatic rings. The van der Waals surface area contributed by atoms with Crippen molar-refractivity contribution in [1.82, 2.24) is 9.78 Å². The Morgan fingerprint density at radius 1 is 1.31 bits per heavy atom. The molecular weight excluding hydrogens is 204 g/mol. The number of methoxy groups -OCH3 is 1. The van der Waals surface area contributed by atoms with Crippen LogP contribution in [0.2, 0.25) is 0 Å². The lowest BCUT2D eigenvalue weighted by atomic mass is 10.2. The summed E-state index contributed by atoms with van der Waals surface area (Å²) in [5.41, 5.74) is 2.85. The highest BCUT2D eigenvalue weighted by Crippen LogP contribution is 2.16. The van der Waals surface area contributed by atoms with Crippen LogP contribution in [0.3, 0.4) is 0 Å². The molecule has 16 heavy (non-hydrogen) atoms. The molecule has 2 rings (SSSR count). The lowest BCUT2D eigenvalue weighted by Gasteiger charge is -2.04. The molecule has 0 spiro atoms. The summed E-state index contributed by atoms with van der Waals surface area (Å²) < 4.78 is 6.88. The molecule has 4 heteroatoms. The van der Waals surface area contributed by atoms with Gasteiger partial charge in [0.25, 0.3) is 0 Å². The first-order chi connectivity index (χ1) is 7.74. The van der Waals surface area contributed by atoms with Crippen molar-refractivity contribution in [2.24, 2.45) is 0 Å². The molecule has 0 unspecified atom stereocenters. The van der Waals surface area contributed by atoms with Crippen molar-refractivity contribution in [3.05, 3.63) is 41.6 Å². The van der Waals surface area contributed by atoms with Crippen LogP contribution in [-0.2, 0) is 6.61 Å². The van der Waals surface area contributed by atoms with Crippen molar-refractivity contribution < 1.29 is 9.84 Å². The Labute approximate surface area is 94.1 Å². The zero-order chi connectivity index (χ0) is 11.5. The molecule has 0 saturated heterocycles. The third-order valence-corrected chi connectivity index (χ3v) is 2.44. The van der Waals surface area contributed by atoms with Gasteiger partial charge in [0.1, 0.15) is 0 Å². The topological polar surface area (TPSA) is 47.3 Å². The third-order valence-electron chi connectivity index (χ3n) is 2.44. The van der Waals surface area contributed by atoms with Gasteiger partial charge in [-0.05, 0) is 24.6 Å². The van der Waals surface area contributed by atoms with E-state index in [9.17, 15) is 0 Å². The molecule has 0 aliphatic carbocycles. The summed E-state index contributed by atoms with van der Waals surface area (Å²) in [5.74, 6) is 0.601. The third kappa shape index (κ3) is 1.92. The molecule has 0 fully saturated rings. The summed E-state index contributed by atoms with van der Waals surface area (Å²) in [7, 11) is 1.60. The van der Waals surface area contributed by atoms with Crippen molar-refractivity contribution in [3.63, 3.8) is 0 Å². The maximum absolute atomic E-state index is 8.95. The van der Waals surface area contributed by atoms with E-state index >= 15 is 0 Å². The van der Waals surface area contributed by atoms with Gasteiger partial charge in [0.15, 0.2) is 0 Å². The van der Waals surface area contributed by atoms with Crippen LogP contribution in [0.15, 0.2) is 30.3 Å². The van der Waals surface area contributed by atoms with Crippen LogP contribution in [0.1, 0.15) is 11.3 Å². The van der Waals surface area contributed by atoms with Gasteiger partial charge in [-0.1, -0.05) is 12.1 Å². The number of aliphatic hydroxyl groups excluding tert-OH is 1. The standard InChI is InChI=1S/C12H14N2O2/c1-9-7-12(16-2)13-14(9)11-5-3-10(8-15)4-6-11/h3-7,15H,8H2,1-2H3. The predicted octanol–water partition coefficient (Wildman–Crippen LogP) is 1.68. The lowest BCUT2D eigenvalue weighted by molar-refractivity contribution is 0.282. The number of aromatic nitrogens is 2. The Bertz CT molecular complexity index is 474. The molecule has 2 aromatic rings. The Morgan fingerprint density at radius 3 is 2.50 bits per heavy atom. The van der Waals surface area contributed by atoms with Crippen LogP contribution >= 0.6 is 0 Å². The molecule has 0 aliphatic heterocycles. The molecule has 1 aromatic carbocycles. The second-order valence-corrected chi connectivity index (χ2v) is 3.56. The van der Waals surface area contributed by atoms with E-state index in [-0.39, 0.29) is 6.61 Å². The van der Waals surface area contributed by atoms with Gasteiger partial charge in [0, 0.05) is 11.8 Å². The van der Waals surface area contributed by atoms with Gasteiger partial charge < -0.3 is 9.84 Å². The van der Waals surface area contributed by atoms with Crippen molar-refractivity contribution >= 4 is 0 Å². The van der Waals surface area contributed by atoms with Crippen LogP contribution < -0.4 is 4.74 Å². The van der Waals surface area contributed by atoms with E-state index in [1.54, 1.807) is 11.8 Å². The van der Waals surface area contributed by atoms with Crippen LogP contribution in [0.25, 0.3) is 5.69 Å². The fourth-order valence-electron chi connectivity index (χ4n) is 1.55. The van der Waals surface area contributed by atoms with Gasteiger partial charge in [-0.25, -0.2) is 4.68 Å². The first-order valence-corrected chi connectivity index (χ1v) is 5.05. The Balaban J connectivity index is 2.38. The van der Waals surface area contributed by atoms with E-state index in [1.807, 2.05) is 37.3 Å². The highest BCUT2D eigenvalue weighted by atomic mass is 16.5. The Kier molecular flexibility index (Phi) is 2.92. The first-order valence-electron chi connectivity index (χ1n) is 5.05. The fraction of sp³-hybridized carbons (Fsp3) is 0.250. The largest absolute Gasteiger partial charge is 0.480 e. The molecule has 0 saturated carbocycles. The van der Waals surface area contributed by atoms with E-state index in [4.69, 9.17) is 9.84 Å². The number of hydrogen-bond donors (Lipinski definition) is 1. The second-order valence-electron chi connectivity index (χ2n) is 3.56. The highest BCUT2D eigenvalue weighted by molar-refractivity contribution is 5.36. The number of hydrogen-bond acceptors (Lipinski definition) is 3. The minimum absolute atomic E-state index is 0.0572. The summed E-state index contributed by atoms with van der Waals surface area (Å²) in [6.45, 7) is 2.02. The molecule has 1 aromatic heterocycles. The van der Waals surface area contributed by atoms with E-state index in [0.717, 1.165) is 16.9 Å². The highest BCUT2D eigenvalue weighted by Gasteiger charge is 2.05. The van der Waals surface area contributed by atoms with E-state index in [1.165, 1.54) is 0 Å². The van der Waals surface area contributed by atoms with Crippen LogP contribution in [0.4, 0.5) is 0 Å². The van der Waals surface area contributed by atoms with Crippen molar-refractivity contribution in [1.29, 1.82) is 0 Å². The lowest BCUT2D eigenvalue weighted by Crippen LogP contribution is -1.99. The van der Waals surface area contributed by atoms with Gasteiger partial charge in [0.2, 0.25) is 5.88 Å². The monoisotopic (exact) mass is 218 g/mol. The zero-order valence-electron chi connectivity index (χ0n) is 9.34. The molecule has 0 atom stereocenters. The van der Waals surface area contributed by atoms with Crippen LogP contribution in [-0.4, -0.2) is 22.0 Å². The number of ether oxygens (including phenoxy) is 1. The van der Waals surface area contributed by atoms with Crippen molar-refractivity contribution in [3.8, 4) is 11.6 Å². The maximum Gasteiger partial charge on any atom is 0.233 e. The predicted molar refractivity (Wildman–Crippen MR) is 60.8 cm³/mol. The van der Waals surface area contributed by atoms with Crippen molar-refractivity contribution in [2.45, 2.75) is 13.5 Å². The smallest absolute Gasteiger partial charge is 0.233 e. The Morgan fingerprint density at radius 2 is 2.00 bits per heavy atom. The molecule has 0 radical (unpaired) electrons. The van der Waals surface area contributed by atoms with E-state index in [0.29, 0.717) is 5.88 Å². The van der Waals surface area contributed by atoms with E-state index < -0.39 is 0 Å². The van der Waals surface area contributed by atoms with Crippen molar-refractivity contribution in [2.75, 3.05) is 7.11 Å². The van der Waals surface area contributed by atoms with Gasteiger partial charge in [-0.3, -0.25) is 0 Å². The second kappa shape index (κ2) is 4.37. The van der Waals surface area contributed by atoms with Gasteiger partial charge in [0.05, 0.1) is 19.4 Å². The van der Waals surface area contributed by atoms with Gasteiger partial charge in [-0.2, -0.15) is 0 Å². The maximum atomic E-state index is 8.95. The quantitative estimate of drug-likeness (QED) is 0.852. The fourth-order valence-corrected chi connectivity index (χ4v) is 1.55. The Hall–Kier alpha value is -1.81. The number of aliphatic hydroxyl groups is 1. The van der Waals surface area contributed by atoms with E-state index in [2.05, 4.69) is 5.10 Å². The molecule has 0 bridgehead atoms. The summed E-state index contributed by atoms with van der Waals surface area (Å²) in [6.07, 6.45) is 0. The number of rotatable bonds is 3. The minimum atomic E-state index is 0.0572. The molecular formula is C12H14N2O2. The normalized spacial score (nSPS) is 10.4. The number of nitrogens with zero attached hydrogens (tertiary/aromatic N) is 2.